The predicted octanol–water partition coefficient (Wildman–Crippen LogP) is 4.50. The minimum absolute atomic E-state index is 0.114. The molecule has 0 fully saturated rings. The Morgan fingerprint density at radius 3 is 2.00 bits per heavy atom. The van der Waals surface area contributed by atoms with Crippen LogP contribution in [0.5, 0.6) is 0 Å². The summed E-state index contributed by atoms with van der Waals surface area (Å²) in [4.78, 5) is 14.2. The molecule has 3 heteroatoms. The molecule has 0 unspecified atom stereocenters. The van der Waals surface area contributed by atoms with Crippen LogP contribution in [0.25, 0.3) is 0 Å². The van der Waals surface area contributed by atoms with Crippen LogP contribution in [-0.2, 0) is 0 Å². The smallest absolute Gasteiger partial charge is 0.326 e. The minimum Gasteiger partial charge on any atom is -0.337 e. The maximum Gasteiger partial charge on any atom is 0.326 e. The molecule has 0 radical (unpaired) electrons. The van der Waals surface area contributed by atoms with Gasteiger partial charge in [-0.3, -0.25) is 4.90 Å². The first-order chi connectivity index (χ1) is 10.3. The maximum absolute atomic E-state index is 12.5. The lowest BCUT2D eigenvalue weighted by molar-refractivity contribution is 0.248. The van der Waals surface area contributed by atoms with Crippen LogP contribution in [0.4, 0.5) is 16.2 Å². The molecule has 0 saturated carbocycles. The third kappa shape index (κ3) is 4.21. The van der Waals surface area contributed by atoms with E-state index in [2.05, 4.69) is 11.9 Å². The van der Waals surface area contributed by atoms with Gasteiger partial charge in [-0.15, -0.1) is 6.58 Å². The molecule has 0 aliphatic heterocycles. The molecule has 0 aliphatic carbocycles. The molecule has 0 heterocycles. The number of benzene rings is 2. The Hall–Kier alpha value is -2.55. The number of rotatable bonds is 6. The molecule has 2 rings (SSSR count). The molecule has 3 nitrogen and oxygen atoms in total. The second-order valence-corrected chi connectivity index (χ2v) is 4.67. The Labute approximate surface area is 125 Å². The lowest BCUT2D eigenvalue weighted by Crippen LogP contribution is -2.37. The number of amides is 2. The van der Waals surface area contributed by atoms with Gasteiger partial charge >= 0.3 is 6.03 Å². The minimum atomic E-state index is -0.114. The topological polar surface area (TPSA) is 32.3 Å². The third-order valence-electron chi connectivity index (χ3n) is 3.09. The number of para-hydroxylation sites is 2. The van der Waals surface area contributed by atoms with Gasteiger partial charge in [0, 0.05) is 6.54 Å². The summed E-state index contributed by atoms with van der Waals surface area (Å²) >= 11 is 0. The SMILES string of the molecule is C=CCCCNC(=O)N(c1ccccc1)c1ccccc1. The van der Waals surface area contributed by atoms with E-state index in [9.17, 15) is 4.79 Å². The molecule has 2 aromatic carbocycles. The van der Waals surface area contributed by atoms with Crippen molar-refractivity contribution >= 4 is 17.4 Å². The number of carbonyl (C=O) groups is 1. The number of carbonyl (C=O) groups excluding carboxylic acids is 1. The van der Waals surface area contributed by atoms with E-state index in [4.69, 9.17) is 0 Å². The Bertz CT molecular complexity index is 527. The number of unbranched alkanes of at least 4 members (excludes halogenated alkanes) is 1. The lowest BCUT2D eigenvalue weighted by atomic mass is 10.2. The van der Waals surface area contributed by atoms with Gasteiger partial charge in [-0.2, -0.15) is 0 Å². The highest BCUT2D eigenvalue weighted by Crippen LogP contribution is 2.24. The van der Waals surface area contributed by atoms with Crippen molar-refractivity contribution in [3.05, 3.63) is 73.3 Å². The summed E-state index contributed by atoms with van der Waals surface area (Å²) < 4.78 is 0. The largest absolute Gasteiger partial charge is 0.337 e. The first kappa shape index (κ1) is 14.9. The predicted molar refractivity (Wildman–Crippen MR) is 87.9 cm³/mol. The van der Waals surface area contributed by atoms with E-state index < -0.39 is 0 Å². The van der Waals surface area contributed by atoms with Gasteiger partial charge in [-0.05, 0) is 37.1 Å². The van der Waals surface area contributed by atoms with E-state index in [0.29, 0.717) is 6.54 Å². The number of allylic oxidation sites excluding steroid dienone is 1. The van der Waals surface area contributed by atoms with Crippen LogP contribution in [0.3, 0.4) is 0 Å². The summed E-state index contributed by atoms with van der Waals surface area (Å²) in [6.07, 6.45) is 3.65. The van der Waals surface area contributed by atoms with Gasteiger partial charge in [0.05, 0.1) is 11.4 Å². The highest BCUT2D eigenvalue weighted by Gasteiger charge is 2.16. The standard InChI is InChI=1S/C18H20N2O/c1-2-3-10-15-19-18(21)20(16-11-6-4-7-12-16)17-13-8-5-9-14-17/h2,4-9,11-14H,1,3,10,15H2,(H,19,21). The van der Waals surface area contributed by atoms with Crippen molar-refractivity contribution < 1.29 is 4.79 Å². The third-order valence-corrected chi connectivity index (χ3v) is 3.09. The molecule has 0 aliphatic rings. The van der Waals surface area contributed by atoms with Crippen molar-refractivity contribution in [1.29, 1.82) is 0 Å². The maximum atomic E-state index is 12.5. The zero-order valence-corrected chi connectivity index (χ0v) is 12.0. The van der Waals surface area contributed by atoms with Crippen molar-refractivity contribution in [2.24, 2.45) is 0 Å². The van der Waals surface area contributed by atoms with Crippen LogP contribution in [-0.4, -0.2) is 12.6 Å². The van der Waals surface area contributed by atoms with Crippen molar-refractivity contribution in [3.63, 3.8) is 0 Å². The average Bonchev–Trinajstić information content (AvgIpc) is 2.54. The van der Waals surface area contributed by atoms with Crippen LogP contribution in [0.2, 0.25) is 0 Å². The van der Waals surface area contributed by atoms with Crippen LogP contribution in [0.1, 0.15) is 12.8 Å². The summed E-state index contributed by atoms with van der Waals surface area (Å²) in [5.74, 6) is 0. The number of urea groups is 1. The van der Waals surface area contributed by atoms with E-state index in [-0.39, 0.29) is 6.03 Å². The Morgan fingerprint density at radius 2 is 1.52 bits per heavy atom. The zero-order valence-electron chi connectivity index (χ0n) is 12.0. The van der Waals surface area contributed by atoms with Crippen LogP contribution in [0, 0.1) is 0 Å². The van der Waals surface area contributed by atoms with Gasteiger partial charge in [-0.25, -0.2) is 4.79 Å². The summed E-state index contributed by atoms with van der Waals surface area (Å²) in [6, 6.07) is 19.2. The summed E-state index contributed by atoms with van der Waals surface area (Å²) in [5.41, 5.74) is 1.70. The van der Waals surface area contributed by atoms with Gasteiger partial charge < -0.3 is 5.32 Å². The quantitative estimate of drug-likeness (QED) is 0.613. The van der Waals surface area contributed by atoms with E-state index in [1.165, 1.54) is 0 Å². The normalized spacial score (nSPS) is 9.90. The summed E-state index contributed by atoms with van der Waals surface area (Å²) in [5, 5.41) is 2.95. The molecular formula is C18H20N2O. The van der Waals surface area contributed by atoms with Crippen LogP contribution < -0.4 is 10.2 Å². The molecule has 2 aromatic rings. The summed E-state index contributed by atoms with van der Waals surface area (Å²) in [6.45, 7) is 4.32. The van der Waals surface area contributed by atoms with Crippen molar-refractivity contribution in [2.75, 3.05) is 11.4 Å². The number of hydrogen-bond acceptors (Lipinski definition) is 1. The molecule has 0 bridgehead atoms. The van der Waals surface area contributed by atoms with E-state index in [1.54, 1.807) is 4.90 Å². The number of hydrogen-bond donors (Lipinski definition) is 1. The fourth-order valence-electron chi connectivity index (χ4n) is 2.06. The molecule has 1 N–H and O–H groups in total. The molecule has 0 spiro atoms. The summed E-state index contributed by atoms with van der Waals surface area (Å²) in [7, 11) is 0. The number of nitrogens with one attached hydrogen (secondary N) is 1. The fourth-order valence-corrected chi connectivity index (χ4v) is 2.06. The molecule has 0 aromatic heterocycles. The first-order valence-electron chi connectivity index (χ1n) is 7.12. The monoisotopic (exact) mass is 280 g/mol. The van der Waals surface area contributed by atoms with E-state index in [0.717, 1.165) is 24.2 Å². The van der Waals surface area contributed by atoms with Gasteiger partial charge in [-0.1, -0.05) is 42.5 Å². The molecular weight excluding hydrogens is 260 g/mol. The second-order valence-electron chi connectivity index (χ2n) is 4.67. The highest BCUT2D eigenvalue weighted by atomic mass is 16.2. The highest BCUT2D eigenvalue weighted by molar-refractivity contribution is 5.99. The van der Waals surface area contributed by atoms with Crippen LogP contribution in [0.15, 0.2) is 73.3 Å². The van der Waals surface area contributed by atoms with Gasteiger partial charge in [0.15, 0.2) is 0 Å². The van der Waals surface area contributed by atoms with Crippen molar-refractivity contribution in [2.45, 2.75) is 12.8 Å². The van der Waals surface area contributed by atoms with E-state index >= 15 is 0 Å². The molecule has 0 saturated heterocycles. The second kappa shape index (κ2) is 7.90. The number of nitrogens with zero attached hydrogens (tertiary/aromatic N) is 1. The molecule has 108 valence electrons. The number of anilines is 2. The van der Waals surface area contributed by atoms with Gasteiger partial charge in [0.25, 0.3) is 0 Å². The van der Waals surface area contributed by atoms with Crippen molar-refractivity contribution in [3.8, 4) is 0 Å². The van der Waals surface area contributed by atoms with E-state index in [1.807, 2.05) is 66.7 Å². The van der Waals surface area contributed by atoms with Crippen LogP contribution >= 0.6 is 0 Å². The van der Waals surface area contributed by atoms with Crippen molar-refractivity contribution in [1.82, 2.24) is 5.32 Å². The van der Waals surface area contributed by atoms with Gasteiger partial charge in [0.1, 0.15) is 0 Å². The lowest BCUT2D eigenvalue weighted by Gasteiger charge is -2.23. The molecule has 0 atom stereocenters. The fraction of sp³-hybridized carbons (Fsp3) is 0.167. The molecule has 2 amide bonds. The Morgan fingerprint density at radius 1 is 1.00 bits per heavy atom. The zero-order chi connectivity index (χ0) is 14.9. The molecule has 21 heavy (non-hydrogen) atoms. The first-order valence-corrected chi connectivity index (χ1v) is 7.12. The Kier molecular flexibility index (Phi) is 5.59. The Balaban J connectivity index is 2.17. The average molecular weight is 280 g/mol. The van der Waals surface area contributed by atoms with Gasteiger partial charge in [0.2, 0.25) is 0 Å².